The van der Waals surface area contributed by atoms with Crippen molar-refractivity contribution in [2.75, 3.05) is 0 Å². The highest BCUT2D eigenvalue weighted by molar-refractivity contribution is 5.59. The number of aryl methyl sites for hydroxylation is 2. The molecule has 0 amide bonds. The van der Waals surface area contributed by atoms with Crippen LogP contribution in [0.15, 0.2) is 42.7 Å². The molecule has 0 aliphatic heterocycles. The number of benzene rings is 1. The second-order valence-corrected chi connectivity index (χ2v) is 5.85. The summed E-state index contributed by atoms with van der Waals surface area (Å²) in [5.74, 6) is 6.95. The molecule has 0 aliphatic rings. The molecular weight excluding hydrogens is 328 g/mol. The van der Waals surface area contributed by atoms with Gasteiger partial charge in [-0.25, -0.2) is 9.50 Å². The molecule has 0 radical (unpaired) electrons. The van der Waals surface area contributed by atoms with Crippen LogP contribution >= 0.6 is 0 Å². The zero-order valence-electron chi connectivity index (χ0n) is 14.4. The predicted octanol–water partition coefficient (Wildman–Crippen LogP) is 1.73. The molecule has 0 aliphatic carbocycles. The first-order valence-electron chi connectivity index (χ1n) is 8.08. The number of nitrogens with zero attached hydrogens (tertiary/aromatic N) is 6. The lowest BCUT2D eigenvalue weighted by atomic mass is 10.2. The van der Waals surface area contributed by atoms with E-state index >= 15 is 0 Å². The van der Waals surface area contributed by atoms with Gasteiger partial charge in [0.05, 0.1) is 18.0 Å². The molecule has 4 aromatic rings. The minimum absolute atomic E-state index is 0.199. The van der Waals surface area contributed by atoms with E-state index in [9.17, 15) is 5.11 Å². The van der Waals surface area contributed by atoms with Gasteiger partial charge in [-0.15, -0.1) is 5.10 Å². The van der Waals surface area contributed by atoms with Crippen LogP contribution in [0.4, 0.5) is 0 Å². The quantitative estimate of drug-likeness (QED) is 0.560. The molecule has 128 valence electrons. The van der Waals surface area contributed by atoms with Crippen LogP contribution in [0, 0.1) is 18.8 Å². The number of imidazole rings is 1. The lowest BCUT2D eigenvalue weighted by Crippen LogP contribution is -2.00. The molecule has 0 bridgehead atoms. The van der Waals surface area contributed by atoms with Gasteiger partial charge in [0.2, 0.25) is 5.82 Å². The summed E-state index contributed by atoms with van der Waals surface area (Å²) in [6, 6.07) is 9.95. The molecule has 7 heteroatoms. The minimum atomic E-state index is -0.199. The Bertz CT molecular complexity index is 1150. The Hall–Kier alpha value is -3.50. The van der Waals surface area contributed by atoms with Gasteiger partial charge in [-0.3, -0.25) is 4.98 Å². The van der Waals surface area contributed by atoms with Crippen LogP contribution in [-0.2, 0) is 13.7 Å². The van der Waals surface area contributed by atoms with Crippen molar-refractivity contribution in [1.82, 2.24) is 29.1 Å². The maximum atomic E-state index is 9.40. The van der Waals surface area contributed by atoms with E-state index in [-0.39, 0.29) is 6.61 Å². The summed E-state index contributed by atoms with van der Waals surface area (Å²) in [5, 5.41) is 13.8. The number of aliphatic hydroxyl groups is 1. The van der Waals surface area contributed by atoms with Gasteiger partial charge >= 0.3 is 0 Å². The second-order valence-electron chi connectivity index (χ2n) is 5.85. The molecule has 0 atom stereocenters. The zero-order valence-corrected chi connectivity index (χ0v) is 14.4. The number of aromatic nitrogens is 6. The largest absolute Gasteiger partial charge is 0.390 e. The smallest absolute Gasteiger partial charge is 0.226 e. The first-order valence-corrected chi connectivity index (χ1v) is 8.08. The molecule has 4 rings (SSSR count). The fraction of sp³-hybridized carbons (Fsp3) is 0.158. The third-order valence-corrected chi connectivity index (χ3v) is 3.99. The minimum Gasteiger partial charge on any atom is -0.390 e. The molecule has 0 saturated carbocycles. The molecular formula is C19H16N6O. The van der Waals surface area contributed by atoms with Crippen molar-refractivity contribution < 1.29 is 5.11 Å². The van der Waals surface area contributed by atoms with Crippen LogP contribution in [0.3, 0.4) is 0 Å². The van der Waals surface area contributed by atoms with E-state index in [1.165, 1.54) is 0 Å². The van der Waals surface area contributed by atoms with Crippen molar-refractivity contribution in [3.05, 3.63) is 65.8 Å². The molecule has 1 aromatic carbocycles. The van der Waals surface area contributed by atoms with Crippen LogP contribution in [0.2, 0.25) is 0 Å². The molecule has 3 aromatic heterocycles. The normalized spacial score (nSPS) is 10.7. The number of fused-ring (bicyclic) bond motifs is 1. The second kappa shape index (κ2) is 6.43. The van der Waals surface area contributed by atoms with Gasteiger partial charge in [0, 0.05) is 25.0 Å². The van der Waals surface area contributed by atoms with Crippen molar-refractivity contribution in [2.45, 2.75) is 13.5 Å². The first-order chi connectivity index (χ1) is 12.7. The molecule has 7 nitrogen and oxygen atoms in total. The van der Waals surface area contributed by atoms with Crippen LogP contribution in [0.5, 0.6) is 0 Å². The summed E-state index contributed by atoms with van der Waals surface area (Å²) in [7, 11) is 1.90. The predicted molar refractivity (Wildman–Crippen MR) is 96.1 cm³/mol. The number of rotatable bonds is 2. The van der Waals surface area contributed by atoms with E-state index in [1.54, 1.807) is 10.7 Å². The van der Waals surface area contributed by atoms with E-state index in [1.807, 2.05) is 55.1 Å². The third-order valence-electron chi connectivity index (χ3n) is 3.99. The lowest BCUT2D eigenvalue weighted by Gasteiger charge is -1.99. The van der Waals surface area contributed by atoms with Gasteiger partial charge in [-0.1, -0.05) is 30.3 Å². The van der Waals surface area contributed by atoms with Crippen LogP contribution in [0.25, 0.3) is 16.9 Å². The Balaban J connectivity index is 1.71. The van der Waals surface area contributed by atoms with Crippen LogP contribution in [0.1, 0.15) is 23.0 Å². The molecule has 0 unspecified atom stereocenters. The van der Waals surface area contributed by atoms with Crippen molar-refractivity contribution in [3.63, 3.8) is 0 Å². The van der Waals surface area contributed by atoms with E-state index in [4.69, 9.17) is 0 Å². The maximum Gasteiger partial charge on any atom is 0.226 e. The first kappa shape index (κ1) is 16.0. The number of aliphatic hydroxyl groups excluding tert-OH is 1. The molecule has 26 heavy (non-hydrogen) atoms. The highest BCUT2D eigenvalue weighted by Gasteiger charge is 2.10. The van der Waals surface area contributed by atoms with Crippen molar-refractivity contribution in [1.29, 1.82) is 0 Å². The summed E-state index contributed by atoms with van der Waals surface area (Å²) in [5.41, 5.74) is 3.71. The molecule has 0 saturated heterocycles. The highest BCUT2D eigenvalue weighted by atomic mass is 16.3. The van der Waals surface area contributed by atoms with Gasteiger partial charge in [0.25, 0.3) is 0 Å². The van der Waals surface area contributed by atoms with Crippen molar-refractivity contribution >= 4 is 5.65 Å². The summed E-state index contributed by atoms with van der Waals surface area (Å²) < 4.78 is 3.51. The molecule has 1 N–H and O–H groups in total. The summed E-state index contributed by atoms with van der Waals surface area (Å²) in [4.78, 5) is 13.1. The SMILES string of the molecule is Cc1cnc(CO)c2nc(C#Cc3nc(-c4ccccc4)cn3C)nn12. The van der Waals surface area contributed by atoms with Crippen LogP contribution < -0.4 is 0 Å². The van der Waals surface area contributed by atoms with Gasteiger partial charge in [-0.05, 0) is 18.8 Å². The maximum absolute atomic E-state index is 9.40. The average Bonchev–Trinajstić information content (AvgIpc) is 3.25. The fourth-order valence-electron chi connectivity index (χ4n) is 2.64. The summed E-state index contributed by atoms with van der Waals surface area (Å²) >= 11 is 0. The van der Waals surface area contributed by atoms with E-state index in [0.717, 1.165) is 17.0 Å². The number of hydrogen-bond acceptors (Lipinski definition) is 5. The summed E-state index contributed by atoms with van der Waals surface area (Å²) in [6.07, 6.45) is 3.59. The standard InChI is InChI=1S/C19H16N6O/c1-13-10-20-16(12-26)19-22-17(23-25(13)19)8-9-18-21-15(11-24(18)2)14-6-4-3-5-7-14/h3-7,10-11,26H,12H2,1-2H3. The summed E-state index contributed by atoms with van der Waals surface area (Å²) in [6.45, 7) is 1.67. The lowest BCUT2D eigenvalue weighted by molar-refractivity contribution is 0.277. The molecule has 3 heterocycles. The van der Waals surface area contributed by atoms with E-state index in [0.29, 0.717) is 23.0 Å². The monoisotopic (exact) mass is 344 g/mol. The fourth-order valence-corrected chi connectivity index (χ4v) is 2.64. The van der Waals surface area contributed by atoms with Gasteiger partial charge in [0.15, 0.2) is 11.5 Å². The van der Waals surface area contributed by atoms with Crippen molar-refractivity contribution in [3.8, 4) is 23.1 Å². The third kappa shape index (κ3) is 2.83. The Kier molecular flexibility index (Phi) is 3.95. The number of hydrogen-bond donors (Lipinski definition) is 1. The Morgan fingerprint density at radius 2 is 1.92 bits per heavy atom. The Morgan fingerprint density at radius 3 is 2.69 bits per heavy atom. The Labute approximate surface area is 150 Å². The highest BCUT2D eigenvalue weighted by Crippen LogP contribution is 2.17. The average molecular weight is 344 g/mol. The zero-order chi connectivity index (χ0) is 18.1. The molecule has 0 spiro atoms. The van der Waals surface area contributed by atoms with Gasteiger partial charge in [-0.2, -0.15) is 4.98 Å². The van der Waals surface area contributed by atoms with Gasteiger partial charge in [0.1, 0.15) is 5.69 Å². The van der Waals surface area contributed by atoms with Gasteiger partial charge < -0.3 is 9.67 Å². The molecule has 0 fully saturated rings. The van der Waals surface area contributed by atoms with Crippen molar-refractivity contribution in [2.24, 2.45) is 7.05 Å². The van der Waals surface area contributed by atoms with Crippen LogP contribution in [-0.4, -0.2) is 34.2 Å². The van der Waals surface area contributed by atoms with E-state index < -0.39 is 0 Å². The Morgan fingerprint density at radius 1 is 1.12 bits per heavy atom. The van der Waals surface area contributed by atoms with E-state index in [2.05, 4.69) is 31.9 Å². The topological polar surface area (TPSA) is 81.1 Å².